The monoisotopic (exact) mass is 173 g/mol. The summed E-state index contributed by atoms with van der Waals surface area (Å²) in [6, 6.07) is 1.93. The standard InChI is InChI=1S/C8H15NO3/c1-8(6-11,12-2)3-7(4-9)5-10/h7,10-11H,3,5-6H2,1-2H3. The summed E-state index contributed by atoms with van der Waals surface area (Å²) in [7, 11) is 1.47. The summed E-state index contributed by atoms with van der Waals surface area (Å²) in [6.07, 6.45) is 0.340. The molecule has 0 aliphatic carbocycles. The van der Waals surface area contributed by atoms with Crippen LogP contribution in [0.1, 0.15) is 13.3 Å². The molecule has 0 aromatic rings. The van der Waals surface area contributed by atoms with E-state index in [4.69, 9.17) is 20.2 Å². The molecule has 0 heterocycles. The van der Waals surface area contributed by atoms with Crippen molar-refractivity contribution in [2.45, 2.75) is 18.9 Å². The Hall–Kier alpha value is -0.630. The van der Waals surface area contributed by atoms with Crippen LogP contribution in [0.5, 0.6) is 0 Å². The van der Waals surface area contributed by atoms with Crippen molar-refractivity contribution in [3.05, 3.63) is 0 Å². The Bertz CT molecular complexity index is 160. The SMILES string of the molecule is COC(C)(CO)CC(C#N)CO. The van der Waals surface area contributed by atoms with Crippen LogP contribution in [0.4, 0.5) is 0 Å². The van der Waals surface area contributed by atoms with Gasteiger partial charge in [0.2, 0.25) is 0 Å². The third-order valence-electron chi connectivity index (χ3n) is 1.91. The van der Waals surface area contributed by atoms with Crippen molar-refractivity contribution in [3.8, 4) is 6.07 Å². The van der Waals surface area contributed by atoms with E-state index in [2.05, 4.69) is 0 Å². The molecule has 70 valence electrons. The van der Waals surface area contributed by atoms with Gasteiger partial charge in [0.1, 0.15) is 0 Å². The van der Waals surface area contributed by atoms with Gasteiger partial charge in [0.25, 0.3) is 0 Å². The van der Waals surface area contributed by atoms with Crippen molar-refractivity contribution >= 4 is 0 Å². The largest absolute Gasteiger partial charge is 0.395 e. The lowest BCUT2D eigenvalue weighted by atomic mass is 9.94. The van der Waals surface area contributed by atoms with Crippen LogP contribution >= 0.6 is 0 Å². The summed E-state index contributed by atoms with van der Waals surface area (Å²) in [6.45, 7) is 1.35. The molecule has 4 nitrogen and oxygen atoms in total. The molecule has 0 aromatic heterocycles. The normalized spacial score (nSPS) is 17.9. The summed E-state index contributed by atoms with van der Waals surface area (Å²) in [5, 5.41) is 26.2. The maximum absolute atomic E-state index is 8.91. The van der Waals surface area contributed by atoms with Crippen molar-refractivity contribution in [3.63, 3.8) is 0 Å². The van der Waals surface area contributed by atoms with Gasteiger partial charge in [0.15, 0.2) is 0 Å². The van der Waals surface area contributed by atoms with E-state index in [-0.39, 0.29) is 13.2 Å². The minimum absolute atomic E-state index is 0.151. The van der Waals surface area contributed by atoms with Crippen LogP contribution in [0.25, 0.3) is 0 Å². The number of rotatable bonds is 5. The van der Waals surface area contributed by atoms with Gasteiger partial charge in [-0.3, -0.25) is 0 Å². The predicted octanol–water partition coefficient (Wildman–Crippen LogP) is -0.0940. The molecular weight excluding hydrogens is 158 g/mol. The zero-order valence-corrected chi connectivity index (χ0v) is 7.45. The fraction of sp³-hybridized carbons (Fsp3) is 0.875. The smallest absolute Gasteiger partial charge is 0.0893 e. The van der Waals surface area contributed by atoms with Crippen molar-refractivity contribution in [1.82, 2.24) is 0 Å². The predicted molar refractivity (Wildman–Crippen MR) is 43.3 cm³/mol. The van der Waals surface area contributed by atoms with E-state index in [0.717, 1.165) is 0 Å². The average Bonchev–Trinajstić information content (AvgIpc) is 2.14. The number of hydrogen-bond donors (Lipinski definition) is 2. The summed E-state index contributed by atoms with van der Waals surface area (Å²) in [5.41, 5.74) is -0.719. The Labute approximate surface area is 72.4 Å². The second kappa shape index (κ2) is 5.09. The Balaban J connectivity index is 4.10. The van der Waals surface area contributed by atoms with Gasteiger partial charge in [-0.1, -0.05) is 0 Å². The molecule has 12 heavy (non-hydrogen) atoms. The topological polar surface area (TPSA) is 73.5 Å². The van der Waals surface area contributed by atoms with Gasteiger partial charge in [0, 0.05) is 7.11 Å². The van der Waals surface area contributed by atoms with Crippen LogP contribution < -0.4 is 0 Å². The first kappa shape index (κ1) is 11.4. The fourth-order valence-electron chi connectivity index (χ4n) is 0.885. The van der Waals surface area contributed by atoms with Crippen LogP contribution in [-0.4, -0.2) is 36.1 Å². The van der Waals surface area contributed by atoms with Crippen molar-refractivity contribution in [2.75, 3.05) is 20.3 Å². The Morgan fingerprint density at radius 3 is 2.42 bits per heavy atom. The first-order chi connectivity index (χ1) is 5.61. The lowest BCUT2D eigenvalue weighted by Crippen LogP contribution is -2.34. The number of ether oxygens (including phenoxy) is 1. The molecule has 4 heteroatoms. The third kappa shape index (κ3) is 3.18. The first-order valence-electron chi connectivity index (χ1n) is 3.78. The Morgan fingerprint density at radius 2 is 2.17 bits per heavy atom. The molecule has 0 spiro atoms. The highest BCUT2D eigenvalue weighted by atomic mass is 16.5. The van der Waals surface area contributed by atoms with E-state index in [0.29, 0.717) is 6.42 Å². The molecule has 2 unspecified atom stereocenters. The van der Waals surface area contributed by atoms with Gasteiger partial charge in [-0.05, 0) is 13.3 Å². The van der Waals surface area contributed by atoms with E-state index < -0.39 is 11.5 Å². The number of nitrogens with zero attached hydrogens (tertiary/aromatic N) is 1. The zero-order chi connectivity index (χ0) is 9.61. The lowest BCUT2D eigenvalue weighted by molar-refractivity contribution is -0.0528. The van der Waals surface area contributed by atoms with Gasteiger partial charge in [-0.25, -0.2) is 0 Å². The van der Waals surface area contributed by atoms with Gasteiger partial charge in [-0.2, -0.15) is 5.26 Å². The number of aliphatic hydroxyl groups is 2. The van der Waals surface area contributed by atoms with E-state index in [1.165, 1.54) is 7.11 Å². The van der Waals surface area contributed by atoms with Crippen molar-refractivity contribution < 1.29 is 14.9 Å². The van der Waals surface area contributed by atoms with E-state index in [9.17, 15) is 0 Å². The third-order valence-corrected chi connectivity index (χ3v) is 1.91. The fourth-order valence-corrected chi connectivity index (χ4v) is 0.885. The number of hydrogen-bond acceptors (Lipinski definition) is 4. The number of methoxy groups -OCH3 is 1. The molecule has 0 saturated heterocycles. The molecule has 2 N–H and O–H groups in total. The van der Waals surface area contributed by atoms with Crippen LogP contribution in [0.3, 0.4) is 0 Å². The van der Waals surface area contributed by atoms with Crippen LogP contribution in [0.15, 0.2) is 0 Å². The average molecular weight is 173 g/mol. The minimum Gasteiger partial charge on any atom is -0.395 e. The summed E-state index contributed by atoms with van der Waals surface area (Å²) in [5.74, 6) is -0.470. The summed E-state index contributed by atoms with van der Waals surface area (Å²) >= 11 is 0. The van der Waals surface area contributed by atoms with Crippen LogP contribution in [0.2, 0.25) is 0 Å². The molecule has 0 amide bonds. The van der Waals surface area contributed by atoms with Gasteiger partial charge in [0.05, 0.1) is 30.8 Å². The second-order valence-electron chi connectivity index (χ2n) is 3.02. The van der Waals surface area contributed by atoms with Crippen molar-refractivity contribution in [1.29, 1.82) is 5.26 Å². The van der Waals surface area contributed by atoms with Gasteiger partial charge < -0.3 is 14.9 Å². The minimum atomic E-state index is -0.719. The lowest BCUT2D eigenvalue weighted by Gasteiger charge is -2.26. The number of aliphatic hydroxyl groups excluding tert-OH is 2. The highest BCUT2D eigenvalue weighted by molar-refractivity contribution is 4.89. The van der Waals surface area contributed by atoms with Gasteiger partial charge >= 0.3 is 0 Å². The molecule has 0 aromatic carbocycles. The Morgan fingerprint density at radius 1 is 1.58 bits per heavy atom. The van der Waals surface area contributed by atoms with Crippen molar-refractivity contribution in [2.24, 2.45) is 5.92 Å². The first-order valence-corrected chi connectivity index (χ1v) is 3.78. The van der Waals surface area contributed by atoms with E-state index in [1.807, 2.05) is 6.07 Å². The van der Waals surface area contributed by atoms with Gasteiger partial charge in [-0.15, -0.1) is 0 Å². The molecule has 0 saturated carbocycles. The highest BCUT2D eigenvalue weighted by Crippen LogP contribution is 2.19. The molecule has 0 radical (unpaired) electrons. The molecule has 0 bridgehead atoms. The summed E-state index contributed by atoms with van der Waals surface area (Å²) in [4.78, 5) is 0. The summed E-state index contributed by atoms with van der Waals surface area (Å²) < 4.78 is 5.01. The maximum Gasteiger partial charge on any atom is 0.0893 e. The number of nitriles is 1. The Kier molecular flexibility index (Phi) is 4.83. The zero-order valence-electron chi connectivity index (χ0n) is 7.45. The molecular formula is C8H15NO3. The quantitative estimate of drug-likeness (QED) is 0.609. The van der Waals surface area contributed by atoms with Crippen LogP contribution in [0, 0.1) is 17.2 Å². The van der Waals surface area contributed by atoms with E-state index >= 15 is 0 Å². The molecule has 2 atom stereocenters. The second-order valence-corrected chi connectivity index (χ2v) is 3.02. The molecule has 0 aliphatic rings. The van der Waals surface area contributed by atoms with Crippen LogP contribution in [-0.2, 0) is 4.74 Å². The van der Waals surface area contributed by atoms with E-state index in [1.54, 1.807) is 6.92 Å². The molecule has 0 rings (SSSR count). The highest BCUT2D eigenvalue weighted by Gasteiger charge is 2.26. The maximum atomic E-state index is 8.91. The molecule has 0 fully saturated rings. The molecule has 0 aliphatic heterocycles.